The lowest BCUT2D eigenvalue weighted by Gasteiger charge is -2.24. The van der Waals surface area contributed by atoms with Gasteiger partial charge in [0.2, 0.25) is 5.95 Å². The second-order valence-electron chi connectivity index (χ2n) is 11.8. The van der Waals surface area contributed by atoms with Crippen LogP contribution < -0.4 is 10.2 Å². The van der Waals surface area contributed by atoms with Crippen LogP contribution in [0.15, 0.2) is 53.6 Å². The quantitative estimate of drug-likeness (QED) is 0.181. The Morgan fingerprint density at radius 3 is 2.31 bits per heavy atom. The van der Waals surface area contributed by atoms with Crippen LogP contribution in [-0.4, -0.2) is 69.6 Å². The standard InChI is InChI=1S/C32H30F4N6O4S2/c1-15-26(31-40-27-16(2)37-8-7-25(27)47-31)30(41-32(38-15)42(3)13-21-22(35)5-4-6-23(21)36)39-24-9-17(28(43)29(24)44)14-48(45,46)20-11-18(33)10-19(34)12-20/h4-8,10-12,17,24,28-29,43-44H,9,13-14H2,1-3H3,(H,38,39,41)/t17-,24-,28-,29+/m1/s1. The zero-order valence-electron chi connectivity index (χ0n) is 25.8. The van der Waals surface area contributed by atoms with Crippen molar-refractivity contribution in [2.75, 3.05) is 23.0 Å². The van der Waals surface area contributed by atoms with Crippen LogP contribution in [0.5, 0.6) is 0 Å². The summed E-state index contributed by atoms with van der Waals surface area (Å²) in [6.45, 7) is 3.30. The molecule has 3 N–H and O–H groups in total. The predicted molar refractivity (Wildman–Crippen MR) is 172 cm³/mol. The highest BCUT2D eigenvalue weighted by Gasteiger charge is 2.44. The minimum Gasteiger partial charge on any atom is -0.390 e. The lowest BCUT2D eigenvalue weighted by atomic mass is 10.1. The molecule has 0 unspecified atom stereocenters. The lowest BCUT2D eigenvalue weighted by Crippen LogP contribution is -2.36. The summed E-state index contributed by atoms with van der Waals surface area (Å²) in [7, 11) is -2.70. The van der Waals surface area contributed by atoms with Crippen LogP contribution >= 0.6 is 11.3 Å². The second kappa shape index (κ2) is 13.0. The van der Waals surface area contributed by atoms with E-state index in [1.807, 2.05) is 13.0 Å². The first-order chi connectivity index (χ1) is 22.7. The molecule has 0 amide bonds. The molecule has 2 aromatic carbocycles. The van der Waals surface area contributed by atoms with Crippen molar-refractivity contribution in [1.29, 1.82) is 0 Å². The predicted octanol–water partition coefficient (Wildman–Crippen LogP) is 4.95. The zero-order valence-corrected chi connectivity index (χ0v) is 27.5. The monoisotopic (exact) mass is 702 g/mol. The Bertz CT molecular complexity index is 2090. The van der Waals surface area contributed by atoms with Crippen molar-refractivity contribution in [3.63, 3.8) is 0 Å². The molecule has 0 spiro atoms. The van der Waals surface area contributed by atoms with Gasteiger partial charge in [-0.1, -0.05) is 6.07 Å². The highest BCUT2D eigenvalue weighted by Crippen LogP contribution is 2.39. The number of aromatic nitrogens is 4. The van der Waals surface area contributed by atoms with Gasteiger partial charge in [0, 0.05) is 30.8 Å². The lowest BCUT2D eigenvalue weighted by molar-refractivity contribution is 0.0216. The summed E-state index contributed by atoms with van der Waals surface area (Å²) in [5.41, 5.74) is 2.06. The average molecular weight is 703 g/mol. The van der Waals surface area contributed by atoms with Crippen molar-refractivity contribution in [3.8, 4) is 10.6 Å². The number of aliphatic hydroxyl groups excluding tert-OH is 2. The van der Waals surface area contributed by atoms with E-state index in [-0.39, 0.29) is 30.3 Å². The largest absolute Gasteiger partial charge is 0.390 e. The third-order valence-electron chi connectivity index (χ3n) is 8.33. The van der Waals surface area contributed by atoms with E-state index in [0.717, 1.165) is 16.8 Å². The topological polar surface area (TPSA) is 141 Å². The average Bonchev–Trinajstić information content (AvgIpc) is 3.55. The number of aliphatic hydroxyl groups is 2. The number of rotatable bonds is 9. The Morgan fingerprint density at radius 1 is 0.958 bits per heavy atom. The van der Waals surface area contributed by atoms with Gasteiger partial charge in [-0.2, -0.15) is 4.98 Å². The number of anilines is 2. The summed E-state index contributed by atoms with van der Waals surface area (Å²) < 4.78 is 83.6. The molecule has 6 rings (SSSR count). The number of benzene rings is 2. The molecule has 252 valence electrons. The summed E-state index contributed by atoms with van der Waals surface area (Å²) in [6.07, 6.45) is -1.38. The fourth-order valence-corrected chi connectivity index (χ4v) is 8.65. The fourth-order valence-electron chi connectivity index (χ4n) is 5.86. The molecule has 4 atom stereocenters. The Balaban J connectivity index is 1.35. The summed E-state index contributed by atoms with van der Waals surface area (Å²) in [5.74, 6) is -5.04. The van der Waals surface area contributed by atoms with Crippen LogP contribution in [0.2, 0.25) is 0 Å². The molecular weight excluding hydrogens is 673 g/mol. The van der Waals surface area contributed by atoms with E-state index >= 15 is 0 Å². The number of sulfone groups is 1. The van der Waals surface area contributed by atoms with Gasteiger partial charge in [0.05, 0.1) is 51.0 Å². The highest BCUT2D eigenvalue weighted by molar-refractivity contribution is 7.91. The molecule has 48 heavy (non-hydrogen) atoms. The number of hydrogen-bond donors (Lipinski definition) is 3. The Kier molecular flexibility index (Phi) is 9.10. The zero-order chi connectivity index (χ0) is 34.5. The first-order valence-electron chi connectivity index (χ1n) is 14.8. The SMILES string of the molecule is Cc1nc(N(C)Cc2c(F)cccc2F)nc(N[C@@H]2C[C@H](CS(=O)(=O)c3cc(F)cc(F)c3)[C@@H](O)[C@H]2O)c1-c1nc2c(C)nccc2s1. The van der Waals surface area contributed by atoms with E-state index < -0.39 is 67.9 Å². The van der Waals surface area contributed by atoms with E-state index in [4.69, 9.17) is 4.98 Å². The molecule has 1 fully saturated rings. The molecule has 3 aromatic heterocycles. The Hall–Kier alpha value is -4.25. The number of aryl methyl sites for hydroxylation is 2. The molecule has 16 heteroatoms. The van der Waals surface area contributed by atoms with Gasteiger partial charge < -0.3 is 20.4 Å². The number of thiazole rings is 1. The minimum absolute atomic E-state index is 0.0592. The van der Waals surface area contributed by atoms with Crippen molar-refractivity contribution in [2.45, 2.75) is 50.0 Å². The molecule has 3 heterocycles. The van der Waals surface area contributed by atoms with Crippen molar-refractivity contribution < 1.29 is 36.2 Å². The van der Waals surface area contributed by atoms with Gasteiger partial charge in [-0.3, -0.25) is 4.98 Å². The van der Waals surface area contributed by atoms with Crippen molar-refractivity contribution >= 4 is 43.2 Å². The third-order valence-corrected chi connectivity index (χ3v) is 11.2. The van der Waals surface area contributed by atoms with Gasteiger partial charge in [0.25, 0.3) is 0 Å². The van der Waals surface area contributed by atoms with E-state index in [2.05, 4.69) is 20.3 Å². The molecule has 0 radical (unpaired) electrons. The number of fused-ring (bicyclic) bond motifs is 1. The van der Waals surface area contributed by atoms with E-state index in [0.29, 0.717) is 45.7 Å². The molecule has 1 saturated carbocycles. The van der Waals surface area contributed by atoms with E-state index in [1.54, 1.807) is 20.2 Å². The number of hydrogen-bond acceptors (Lipinski definition) is 11. The Labute approximate surface area is 277 Å². The van der Waals surface area contributed by atoms with Crippen LogP contribution in [0.1, 0.15) is 23.4 Å². The Morgan fingerprint density at radius 2 is 1.65 bits per heavy atom. The molecule has 0 bridgehead atoms. The molecule has 1 aliphatic carbocycles. The van der Waals surface area contributed by atoms with Crippen molar-refractivity contribution in [3.05, 3.63) is 88.9 Å². The van der Waals surface area contributed by atoms with Crippen LogP contribution in [0, 0.1) is 43.0 Å². The second-order valence-corrected chi connectivity index (χ2v) is 14.8. The van der Waals surface area contributed by atoms with Gasteiger partial charge >= 0.3 is 0 Å². The van der Waals surface area contributed by atoms with E-state index in [1.165, 1.54) is 22.3 Å². The maximum absolute atomic E-state index is 14.5. The van der Waals surface area contributed by atoms with Gasteiger partial charge in [-0.25, -0.2) is 35.9 Å². The summed E-state index contributed by atoms with van der Waals surface area (Å²) in [5, 5.41) is 25.6. The van der Waals surface area contributed by atoms with Gasteiger partial charge in [-0.15, -0.1) is 11.3 Å². The van der Waals surface area contributed by atoms with Crippen molar-refractivity contribution in [1.82, 2.24) is 19.9 Å². The molecule has 5 aromatic rings. The van der Waals surface area contributed by atoms with Crippen LogP contribution in [-0.2, 0) is 16.4 Å². The van der Waals surface area contributed by atoms with Crippen LogP contribution in [0.3, 0.4) is 0 Å². The minimum atomic E-state index is -4.26. The molecule has 10 nitrogen and oxygen atoms in total. The maximum Gasteiger partial charge on any atom is 0.227 e. The smallest absolute Gasteiger partial charge is 0.227 e. The summed E-state index contributed by atoms with van der Waals surface area (Å²) in [4.78, 5) is 19.2. The van der Waals surface area contributed by atoms with Gasteiger partial charge in [0.1, 0.15) is 45.7 Å². The van der Waals surface area contributed by atoms with E-state index in [9.17, 15) is 36.2 Å². The number of halogens is 4. The maximum atomic E-state index is 14.5. The normalized spacial score (nSPS) is 19.6. The first-order valence-corrected chi connectivity index (χ1v) is 17.3. The fraction of sp³-hybridized carbons (Fsp3) is 0.312. The van der Waals surface area contributed by atoms with Gasteiger partial charge in [-0.05, 0) is 50.6 Å². The number of pyridine rings is 1. The number of nitrogens with one attached hydrogen (secondary N) is 1. The molecule has 0 aliphatic heterocycles. The first kappa shape index (κ1) is 33.6. The van der Waals surface area contributed by atoms with Crippen LogP contribution in [0.4, 0.5) is 29.3 Å². The van der Waals surface area contributed by atoms with Crippen LogP contribution in [0.25, 0.3) is 20.8 Å². The molecular formula is C32H30F4N6O4S2. The third kappa shape index (κ3) is 6.57. The van der Waals surface area contributed by atoms with Crippen molar-refractivity contribution in [2.24, 2.45) is 5.92 Å². The molecule has 1 aliphatic rings. The van der Waals surface area contributed by atoms with Gasteiger partial charge in [0.15, 0.2) is 9.84 Å². The highest BCUT2D eigenvalue weighted by atomic mass is 32.2. The molecule has 0 saturated heterocycles. The summed E-state index contributed by atoms with van der Waals surface area (Å²) in [6, 6.07) is 6.37. The number of nitrogens with zero attached hydrogens (tertiary/aromatic N) is 5. The summed E-state index contributed by atoms with van der Waals surface area (Å²) >= 11 is 1.34.